The van der Waals surface area contributed by atoms with E-state index in [4.69, 9.17) is 4.74 Å². The molecule has 3 aromatic rings. The number of halogens is 1. The Labute approximate surface area is 171 Å². The van der Waals surface area contributed by atoms with Gasteiger partial charge in [-0.3, -0.25) is 4.79 Å². The largest absolute Gasteiger partial charge is 0.383 e. The van der Waals surface area contributed by atoms with Crippen LogP contribution in [-0.4, -0.2) is 44.0 Å². The number of nitrogens with zero attached hydrogens (tertiary/aromatic N) is 2. The minimum Gasteiger partial charge on any atom is -0.383 e. The number of pyridine rings is 1. The normalized spacial score (nSPS) is 11.6. The van der Waals surface area contributed by atoms with Crippen LogP contribution >= 0.6 is 15.9 Å². The zero-order chi connectivity index (χ0) is 20.1. The van der Waals surface area contributed by atoms with E-state index in [1.807, 2.05) is 28.9 Å². The van der Waals surface area contributed by atoms with Crippen molar-refractivity contribution in [1.82, 2.24) is 19.4 Å². The van der Waals surface area contributed by atoms with E-state index in [9.17, 15) is 13.2 Å². The van der Waals surface area contributed by atoms with E-state index >= 15 is 0 Å². The lowest BCUT2D eigenvalue weighted by atomic mass is 10.2. The first-order valence-electron chi connectivity index (χ1n) is 8.39. The molecule has 0 aliphatic heterocycles. The molecule has 0 aliphatic carbocycles. The Morgan fingerprint density at radius 3 is 2.86 bits per heavy atom. The number of carbonyl (C=O) groups is 1. The van der Waals surface area contributed by atoms with Crippen LogP contribution in [0.4, 0.5) is 0 Å². The van der Waals surface area contributed by atoms with Crippen molar-refractivity contribution >= 4 is 37.5 Å². The van der Waals surface area contributed by atoms with Gasteiger partial charge in [-0.1, -0.05) is 6.07 Å². The molecule has 0 saturated heterocycles. The van der Waals surface area contributed by atoms with Gasteiger partial charge in [0.2, 0.25) is 10.0 Å². The number of nitrogens with one attached hydrogen (secondary N) is 2. The Balaban J connectivity index is 1.68. The highest BCUT2D eigenvalue weighted by Gasteiger charge is 2.16. The van der Waals surface area contributed by atoms with Gasteiger partial charge in [0.25, 0.3) is 5.91 Å². The number of hydrogen-bond acceptors (Lipinski definition) is 5. The highest BCUT2D eigenvalue weighted by Crippen LogP contribution is 2.14. The van der Waals surface area contributed by atoms with Crippen molar-refractivity contribution in [3.8, 4) is 0 Å². The van der Waals surface area contributed by atoms with Gasteiger partial charge in [0.15, 0.2) is 0 Å². The monoisotopic (exact) mass is 466 g/mol. The van der Waals surface area contributed by atoms with Crippen molar-refractivity contribution < 1.29 is 17.9 Å². The fraction of sp³-hybridized carbons (Fsp3) is 0.222. The second kappa shape index (κ2) is 8.82. The molecular weight excluding hydrogens is 448 g/mol. The Morgan fingerprint density at radius 1 is 1.25 bits per heavy atom. The molecule has 1 aromatic carbocycles. The third-order valence-electron chi connectivity index (χ3n) is 3.90. The molecule has 10 heteroatoms. The molecule has 0 saturated carbocycles. The smallest absolute Gasteiger partial charge is 0.251 e. The Morgan fingerprint density at radius 2 is 2.07 bits per heavy atom. The number of imidazole rings is 1. The van der Waals surface area contributed by atoms with Crippen molar-refractivity contribution in [2.75, 3.05) is 20.3 Å². The molecule has 28 heavy (non-hydrogen) atoms. The lowest BCUT2D eigenvalue weighted by Crippen LogP contribution is -2.28. The second-order valence-corrected chi connectivity index (χ2v) is 8.63. The summed E-state index contributed by atoms with van der Waals surface area (Å²) < 4.78 is 34.6. The van der Waals surface area contributed by atoms with E-state index in [1.165, 1.54) is 25.3 Å². The first-order valence-corrected chi connectivity index (χ1v) is 10.7. The number of benzene rings is 1. The summed E-state index contributed by atoms with van der Waals surface area (Å²) in [7, 11) is -2.22. The standard InChI is InChI=1S/C18H19BrN4O4S/c1-27-8-7-21-28(25,26)16-4-2-3-13(9-16)18(24)20-10-15-12-23-11-14(19)5-6-17(23)22-15/h2-6,9,11-12,21H,7-8,10H2,1H3,(H,20,24). The van der Waals surface area contributed by atoms with Gasteiger partial charge in [-0.25, -0.2) is 18.1 Å². The van der Waals surface area contributed by atoms with E-state index in [-0.39, 0.29) is 36.1 Å². The van der Waals surface area contributed by atoms with Gasteiger partial charge >= 0.3 is 0 Å². The lowest BCUT2D eigenvalue weighted by molar-refractivity contribution is 0.0950. The van der Waals surface area contributed by atoms with Crippen LogP contribution in [0.1, 0.15) is 16.1 Å². The van der Waals surface area contributed by atoms with E-state index in [2.05, 4.69) is 31.0 Å². The molecule has 0 unspecified atom stereocenters. The average molecular weight is 467 g/mol. The van der Waals surface area contributed by atoms with Gasteiger partial charge in [0.1, 0.15) is 5.65 Å². The predicted octanol–water partition coefficient (Wildman–Crippen LogP) is 1.95. The van der Waals surface area contributed by atoms with Crippen LogP contribution in [0.2, 0.25) is 0 Å². The number of amides is 1. The summed E-state index contributed by atoms with van der Waals surface area (Å²) in [5.74, 6) is -0.382. The van der Waals surface area contributed by atoms with Gasteiger partial charge in [0.05, 0.1) is 23.7 Å². The van der Waals surface area contributed by atoms with Crippen molar-refractivity contribution in [1.29, 1.82) is 0 Å². The first kappa shape index (κ1) is 20.5. The molecule has 2 aromatic heterocycles. The third kappa shape index (κ3) is 4.96. The van der Waals surface area contributed by atoms with E-state index in [1.54, 1.807) is 6.07 Å². The molecule has 0 spiro atoms. The molecule has 3 rings (SSSR count). The summed E-state index contributed by atoms with van der Waals surface area (Å²) in [6, 6.07) is 9.61. The van der Waals surface area contributed by atoms with Crippen LogP contribution in [0.3, 0.4) is 0 Å². The van der Waals surface area contributed by atoms with E-state index < -0.39 is 10.0 Å². The maximum atomic E-state index is 12.4. The number of fused-ring (bicyclic) bond motifs is 1. The number of sulfonamides is 1. The van der Waals surface area contributed by atoms with E-state index in [0.29, 0.717) is 5.69 Å². The maximum absolute atomic E-state index is 12.4. The van der Waals surface area contributed by atoms with Crippen molar-refractivity contribution in [3.05, 3.63) is 64.5 Å². The SMILES string of the molecule is COCCNS(=O)(=O)c1cccc(C(=O)NCc2cn3cc(Br)ccc3n2)c1. The Kier molecular flexibility index (Phi) is 6.45. The van der Waals surface area contributed by atoms with Crippen molar-refractivity contribution in [2.24, 2.45) is 0 Å². The third-order valence-corrected chi connectivity index (χ3v) is 5.83. The van der Waals surface area contributed by atoms with Crippen LogP contribution in [-0.2, 0) is 21.3 Å². The first-order chi connectivity index (χ1) is 13.4. The van der Waals surface area contributed by atoms with Crippen LogP contribution in [0.5, 0.6) is 0 Å². The molecule has 0 fully saturated rings. The number of rotatable bonds is 8. The summed E-state index contributed by atoms with van der Waals surface area (Å²) >= 11 is 3.40. The lowest BCUT2D eigenvalue weighted by Gasteiger charge is -2.08. The summed E-state index contributed by atoms with van der Waals surface area (Å²) in [5, 5.41) is 2.76. The minimum absolute atomic E-state index is 0.0221. The highest BCUT2D eigenvalue weighted by molar-refractivity contribution is 9.10. The van der Waals surface area contributed by atoms with Crippen LogP contribution in [0.15, 0.2) is 58.2 Å². The second-order valence-electron chi connectivity index (χ2n) is 5.95. The minimum atomic E-state index is -3.71. The summed E-state index contributed by atoms with van der Waals surface area (Å²) in [4.78, 5) is 16.9. The zero-order valence-corrected chi connectivity index (χ0v) is 17.5. The maximum Gasteiger partial charge on any atom is 0.251 e. The summed E-state index contributed by atoms with van der Waals surface area (Å²) in [6.07, 6.45) is 3.69. The van der Waals surface area contributed by atoms with Crippen molar-refractivity contribution in [3.63, 3.8) is 0 Å². The quantitative estimate of drug-likeness (QED) is 0.494. The number of hydrogen-bond donors (Lipinski definition) is 2. The Bertz CT molecular complexity index is 1100. The molecule has 1 amide bonds. The molecule has 148 valence electrons. The van der Waals surface area contributed by atoms with Crippen LogP contribution in [0.25, 0.3) is 5.65 Å². The molecule has 0 bridgehead atoms. The summed E-state index contributed by atoms with van der Waals surface area (Å²) in [5.41, 5.74) is 1.71. The fourth-order valence-electron chi connectivity index (χ4n) is 2.54. The van der Waals surface area contributed by atoms with Gasteiger partial charge in [-0.2, -0.15) is 0 Å². The van der Waals surface area contributed by atoms with Crippen LogP contribution in [0, 0.1) is 0 Å². The molecular formula is C18H19BrN4O4S. The number of methoxy groups -OCH3 is 1. The Hall–Kier alpha value is -2.27. The molecule has 0 radical (unpaired) electrons. The zero-order valence-electron chi connectivity index (χ0n) is 15.1. The fourth-order valence-corrected chi connectivity index (χ4v) is 3.95. The van der Waals surface area contributed by atoms with E-state index in [0.717, 1.165) is 10.1 Å². The number of carbonyl (C=O) groups excluding carboxylic acids is 1. The molecule has 0 atom stereocenters. The predicted molar refractivity (Wildman–Crippen MR) is 108 cm³/mol. The van der Waals surface area contributed by atoms with Gasteiger partial charge in [0, 0.05) is 36.1 Å². The number of ether oxygens (including phenoxy) is 1. The van der Waals surface area contributed by atoms with Crippen LogP contribution < -0.4 is 10.0 Å². The van der Waals surface area contributed by atoms with Gasteiger partial charge in [-0.15, -0.1) is 0 Å². The molecule has 2 N–H and O–H groups in total. The molecule has 2 heterocycles. The number of aromatic nitrogens is 2. The van der Waals surface area contributed by atoms with Gasteiger partial charge < -0.3 is 14.5 Å². The molecule has 8 nitrogen and oxygen atoms in total. The highest BCUT2D eigenvalue weighted by atomic mass is 79.9. The summed E-state index contributed by atoms with van der Waals surface area (Å²) in [6.45, 7) is 0.634. The molecule has 0 aliphatic rings. The average Bonchev–Trinajstić information content (AvgIpc) is 3.08. The van der Waals surface area contributed by atoms with Gasteiger partial charge in [-0.05, 0) is 46.3 Å². The topological polar surface area (TPSA) is 102 Å². The van der Waals surface area contributed by atoms with Crippen molar-refractivity contribution in [2.45, 2.75) is 11.4 Å².